The maximum atomic E-state index is 11.7. The van der Waals surface area contributed by atoms with Crippen molar-refractivity contribution < 1.29 is 15.0 Å². The van der Waals surface area contributed by atoms with E-state index in [1.165, 1.54) is 0 Å². The highest BCUT2D eigenvalue weighted by Crippen LogP contribution is 2.31. The second-order valence-electron chi connectivity index (χ2n) is 5.14. The topological polar surface area (TPSA) is 57.5 Å². The molecule has 0 amide bonds. The molecule has 0 fully saturated rings. The van der Waals surface area contributed by atoms with Crippen LogP contribution in [0.5, 0.6) is 5.75 Å². The summed E-state index contributed by atoms with van der Waals surface area (Å²) in [6.45, 7) is 1.95. The van der Waals surface area contributed by atoms with Crippen LogP contribution in [0.4, 0.5) is 0 Å². The molecule has 110 valence electrons. The predicted octanol–water partition coefficient (Wildman–Crippen LogP) is 3.85. The van der Waals surface area contributed by atoms with E-state index in [0.717, 1.165) is 23.1 Å². The second-order valence-corrected chi connectivity index (χ2v) is 5.14. The smallest absolute Gasteiger partial charge is 0.135 e. The molecule has 3 nitrogen and oxygen atoms in total. The van der Waals surface area contributed by atoms with Crippen LogP contribution in [0.15, 0.2) is 48.5 Å². The van der Waals surface area contributed by atoms with Gasteiger partial charge in [0.15, 0.2) is 0 Å². The molecule has 0 heterocycles. The van der Waals surface area contributed by atoms with Crippen molar-refractivity contribution in [2.24, 2.45) is 0 Å². The lowest BCUT2D eigenvalue weighted by atomic mass is 9.93. The number of phenols is 1. The summed E-state index contributed by atoms with van der Waals surface area (Å²) in [5, 5.41) is 19.7. The Morgan fingerprint density at radius 1 is 1.10 bits per heavy atom. The first kappa shape index (κ1) is 15.3. The molecule has 0 aliphatic rings. The number of carbonyl (C=O) groups is 1. The maximum Gasteiger partial charge on any atom is 0.135 e. The van der Waals surface area contributed by atoms with E-state index in [4.69, 9.17) is 0 Å². The van der Waals surface area contributed by atoms with Crippen LogP contribution in [0.3, 0.4) is 0 Å². The monoisotopic (exact) mass is 284 g/mol. The lowest BCUT2D eigenvalue weighted by Gasteiger charge is -2.15. The Balaban J connectivity index is 2.28. The van der Waals surface area contributed by atoms with Gasteiger partial charge in [0.25, 0.3) is 0 Å². The number of aliphatic hydroxyl groups excluding tert-OH is 1. The number of rotatable bonds is 6. The number of Topliss-reactive ketones (excluding diaryl/α,β-unsaturated/α-hetero) is 1. The summed E-state index contributed by atoms with van der Waals surface area (Å²) in [5.74, 6) is 0.278. The first-order chi connectivity index (χ1) is 10.1. The van der Waals surface area contributed by atoms with E-state index in [-0.39, 0.29) is 18.0 Å². The molecule has 0 spiro atoms. The maximum absolute atomic E-state index is 11.7. The molecular weight excluding hydrogens is 264 g/mol. The molecule has 2 N–H and O–H groups in total. The van der Waals surface area contributed by atoms with Crippen LogP contribution in [0.25, 0.3) is 11.1 Å². The van der Waals surface area contributed by atoms with Crippen LogP contribution in [0.2, 0.25) is 0 Å². The molecule has 0 saturated heterocycles. The van der Waals surface area contributed by atoms with Gasteiger partial charge in [0, 0.05) is 12.8 Å². The SMILES string of the molecule is CCCC(=O)CC(O)c1ccccc1-c1ccc(O)cc1. The fourth-order valence-corrected chi connectivity index (χ4v) is 2.40. The summed E-state index contributed by atoms with van der Waals surface area (Å²) >= 11 is 0. The number of hydrogen-bond donors (Lipinski definition) is 2. The lowest BCUT2D eigenvalue weighted by molar-refractivity contribution is -0.121. The minimum atomic E-state index is -0.797. The van der Waals surface area contributed by atoms with Gasteiger partial charge in [-0.05, 0) is 35.2 Å². The van der Waals surface area contributed by atoms with Crippen molar-refractivity contribution >= 4 is 5.78 Å². The third-order valence-electron chi connectivity index (χ3n) is 3.45. The van der Waals surface area contributed by atoms with E-state index in [2.05, 4.69) is 0 Å². The van der Waals surface area contributed by atoms with Crippen LogP contribution in [0, 0.1) is 0 Å². The number of phenolic OH excluding ortho intramolecular Hbond substituents is 1. The Bertz CT molecular complexity index is 602. The van der Waals surface area contributed by atoms with E-state index in [1.807, 2.05) is 31.2 Å². The zero-order chi connectivity index (χ0) is 15.2. The Morgan fingerprint density at radius 2 is 1.76 bits per heavy atom. The molecule has 2 aromatic rings. The van der Waals surface area contributed by atoms with Gasteiger partial charge in [0.05, 0.1) is 6.10 Å². The van der Waals surface area contributed by atoms with Gasteiger partial charge in [-0.25, -0.2) is 0 Å². The van der Waals surface area contributed by atoms with Crippen LogP contribution < -0.4 is 0 Å². The minimum Gasteiger partial charge on any atom is -0.508 e. The zero-order valence-corrected chi connectivity index (χ0v) is 12.1. The summed E-state index contributed by atoms with van der Waals surface area (Å²) in [6.07, 6.45) is 0.640. The molecule has 2 aromatic carbocycles. The fourth-order valence-electron chi connectivity index (χ4n) is 2.40. The van der Waals surface area contributed by atoms with Crippen LogP contribution in [0.1, 0.15) is 37.9 Å². The fraction of sp³-hybridized carbons (Fsp3) is 0.278. The van der Waals surface area contributed by atoms with E-state index >= 15 is 0 Å². The number of aliphatic hydroxyl groups is 1. The molecular formula is C18H20O3. The molecule has 1 unspecified atom stereocenters. The van der Waals surface area contributed by atoms with Gasteiger partial charge in [0.1, 0.15) is 11.5 Å². The first-order valence-electron chi connectivity index (χ1n) is 7.20. The highest BCUT2D eigenvalue weighted by atomic mass is 16.3. The average Bonchev–Trinajstić information content (AvgIpc) is 2.48. The van der Waals surface area contributed by atoms with Crippen molar-refractivity contribution in [2.75, 3.05) is 0 Å². The summed E-state index contributed by atoms with van der Waals surface area (Å²) in [7, 11) is 0. The molecule has 0 aliphatic heterocycles. The molecule has 0 bridgehead atoms. The highest BCUT2D eigenvalue weighted by Gasteiger charge is 2.16. The van der Waals surface area contributed by atoms with Crippen molar-refractivity contribution in [3.63, 3.8) is 0 Å². The van der Waals surface area contributed by atoms with E-state index in [1.54, 1.807) is 24.3 Å². The predicted molar refractivity (Wildman–Crippen MR) is 83.0 cm³/mol. The summed E-state index contributed by atoms with van der Waals surface area (Å²) in [5.41, 5.74) is 2.53. The summed E-state index contributed by atoms with van der Waals surface area (Å²) in [4.78, 5) is 11.7. The van der Waals surface area contributed by atoms with Crippen LogP contribution in [-0.4, -0.2) is 16.0 Å². The highest BCUT2D eigenvalue weighted by molar-refractivity contribution is 5.79. The van der Waals surface area contributed by atoms with Gasteiger partial charge in [0.2, 0.25) is 0 Å². The Kier molecular flexibility index (Phi) is 5.12. The number of hydrogen-bond acceptors (Lipinski definition) is 3. The van der Waals surface area contributed by atoms with E-state index < -0.39 is 6.10 Å². The van der Waals surface area contributed by atoms with Crippen molar-refractivity contribution in [1.29, 1.82) is 0 Å². The average molecular weight is 284 g/mol. The third kappa shape index (κ3) is 3.92. The van der Waals surface area contributed by atoms with E-state index in [9.17, 15) is 15.0 Å². The summed E-state index contributed by atoms with van der Waals surface area (Å²) in [6, 6.07) is 14.3. The largest absolute Gasteiger partial charge is 0.508 e. The van der Waals surface area contributed by atoms with Crippen molar-refractivity contribution in [3.05, 3.63) is 54.1 Å². The van der Waals surface area contributed by atoms with Crippen molar-refractivity contribution in [2.45, 2.75) is 32.3 Å². The standard InChI is InChI=1S/C18H20O3/c1-2-5-15(20)12-18(21)17-7-4-3-6-16(17)13-8-10-14(19)11-9-13/h3-4,6-11,18-19,21H,2,5,12H2,1H3. The normalized spacial score (nSPS) is 12.1. The molecule has 0 radical (unpaired) electrons. The molecule has 0 aromatic heterocycles. The van der Waals surface area contributed by atoms with Crippen molar-refractivity contribution in [1.82, 2.24) is 0 Å². The Labute approximate surface area is 124 Å². The number of aromatic hydroxyl groups is 1. The summed E-state index contributed by atoms with van der Waals surface area (Å²) < 4.78 is 0. The quantitative estimate of drug-likeness (QED) is 0.847. The van der Waals surface area contributed by atoms with E-state index in [0.29, 0.717) is 6.42 Å². The van der Waals surface area contributed by atoms with Gasteiger partial charge >= 0.3 is 0 Å². The van der Waals surface area contributed by atoms with Gasteiger partial charge < -0.3 is 10.2 Å². The number of benzene rings is 2. The molecule has 3 heteroatoms. The second kappa shape index (κ2) is 7.04. The lowest BCUT2D eigenvalue weighted by Crippen LogP contribution is -2.07. The molecule has 0 aliphatic carbocycles. The zero-order valence-electron chi connectivity index (χ0n) is 12.1. The number of carbonyl (C=O) groups excluding carboxylic acids is 1. The minimum absolute atomic E-state index is 0.0745. The molecule has 0 saturated carbocycles. The molecule has 21 heavy (non-hydrogen) atoms. The third-order valence-corrected chi connectivity index (χ3v) is 3.45. The van der Waals surface area contributed by atoms with Crippen LogP contribution in [-0.2, 0) is 4.79 Å². The molecule has 2 rings (SSSR count). The Morgan fingerprint density at radius 3 is 2.43 bits per heavy atom. The van der Waals surface area contributed by atoms with Gasteiger partial charge in [-0.3, -0.25) is 4.79 Å². The Hall–Kier alpha value is -2.13. The molecule has 1 atom stereocenters. The van der Waals surface area contributed by atoms with Crippen molar-refractivity contribution in [3.8, 4) is 16.9 Å². The van der Waals surface area contributed by atoms with Gasteiger partial charge in [-0.1, -0.05) is 43.3 Å². The van der Waals surface area contributed by atoms with Gasteiger partial charge in [-0.2, -0.15) is 0 Å². The van der Waals surface area contributed by atoms with Gasteiger partial charge in [-0.15, -0.1) is 0 Å². The van der Waals surface area contributed by atoms with Crippen LogP contribution >= 0.6 is 0 Å². The number of ketones is 1. The first-order valence-corrected chi connectivity index (χ1v) is 7.20.